The molecule has 0 saturated carbocycles. The van der Waals surface area contributed by atoms with Crippen molar-refractivity contribution in [1.29, 1.82) is 0 Å². The van der Waals surface area contributed by atoms with Crippen molar-refractivity contribution in [2.45, 2.75) is 6.42 Å². The third kappa shape index (κ3) is 3.44. The number of rotatable bonds is 4. The van der Waals surface area contributed by atoms with Gasteiger partial charge in [-0.15, -0.1) is 0 Å². The van der Waals surface area contributed by atoms with Crippen LogP contribution in [-0.2, 0) is 6.42 Å². The lowest BCUT2D eigenvalue weighted by atomic mass is 9.97. The lowest BCUT2D eigenvalue weighted by Gasteiger charge is -2.07. The number of halogens is 2. The Labute approximate surface area is 160 Å². The molecule has 2 N–H and O–H groups in total. The monoisotopic (exact) mass is 379 g/mol. The van der Waals surface area contributed by atoms with Crippen molar-refractivity contribution in [3.8, 4) is 11.3 Å². The summed E-state index contributed by atoms with van der Waals surface area (Å²) in [6.07, 6.45) is 0.537. The van der Waals surface area contributed by atoms with Gasteiger partial charge in [-0.1, -0.05) is 29.8 Å². The minimum Gasteiger partial charge on any atom is -0.478 e. The summed E-state index contributed by atoms with van der Waals surface area (Å²) in [6, 6.07) is 18.8. The minimum atomic E-state index is -0.957. The number of carboxylic acids is 1. The first-order chi connectivity index (χ1) is 13.0. The highest BCUT2D eigenvalue weighted by Crippen LogP contribution is 2.33. The maximum Gasteiger partial charge on any atom is 0.335 e. The molecule has 0 spiro atoms. The van der Waals surface area contributed by atoms with E-state index in [9.17, 15) is 14.3 Å². The van der Waals surface area contributed by atoms with E-state index in [2.05, 4.69) is 4.98 Å². The number of H-pyrrole nitrogens is 1. The molecule has 0 unspecified atom stereocenters. The molecule has 1 aromatic heterocycles. The van der Waals surface area contributed by atoms with Gasteiger partial charge in [0.15, 0.2) is 0 Å². The number of aromatic amines is 1. The molecule has 0 radical (unpaired) electrons. The second-order valence-corrected chi connectivity index (χ2v) is 6.79. The molecule has 134 valence electrons. The first-order valence-corrected chi connectivity index (χ1v) is 8.77. The summed E-state index contributed by atoms with van der Waals surface area (Å²) in [5.41, 5.74) is 4.75. The van der Waals surface area contributed by atoms with Crippen LogP contribution in [-0.4, -0.2) is 16.1 Å². The van der Waals surface area contributed by atoms with Gasteiger partial charge in [0.1, 0.15) is 5.82 Å². The Morgan fingerprint density at radius 2 is 1.81 bits per heavy atom. The summed E-state index contributed by atoms with van der Waals surface area (Å²) in [6.45, 7) is 0. The number of benzene rings is 3. The van der Waals surface area contributed by atoms with E-state index in [-0.39, 0.29) is 11.4 Å². The molecule has 3 aromatic carbocycles. The van der Waals surface area contributed by atoms with Crippen LogP contribution in [0.2, 0.25) is 5.02 Å². The van der Waals surface area contributed by atoms with Crippen molar-refractivity contribution in [2.24, 2.45) is 0 Å². The highest BCUT2D eigenvalue weighted by atomic mass is 35.5. The van der Waals surface area contributed by atoms with Crippen LogP contribution in [0.15, 0.2) is 66.7 Å². The molecule has 0 aliphatic rings. The summed E-state index contributed by atoms with van der Waals surface area (Å²) < 4.78 is 13.3. The van der Waals surface area contributed by atoms with Crippen LogP contribution in [0.4, 0.5) is 4.39 Å². The van der Waals surface area contributed by atoms with E-state index in [1.807, 2.05) is 24.3 Å². The number of hydrogen-bond donors (Lipinski definition) is 2. The van der Waals surface area contributed by atoms with Crippen LogP contribution in [0.1, 0.15) is 21.5 Å². The molecule has 4 rings (SSSR count). The van der Waals surface area contributed by atoms with Gasteiger partial charge in [0.25, 0.3) is 0 Å². The average Bonchev–Trinajstić information content (AvgIpc) is 3.00. The summed E-state index contributed by atoms with van der Waals surface area (Å²) in [5.74, 6) is -1.25. The summed E-state index contributed by atoms with van der Waals surface area (Å²) in [7, 11) is 0. The van der Waals surface area contributed by atoms with Crippen LogP contribution in [0.3, 0.4) is 0 Å². The van der Waals surface area contributed by atoms with Gasteiger partial charge >= 0.3 is 5.97 Å². The van der Waals surface area contributed by atoms with E-state index in [0.29, 0.717) is 11.4 Å². The smallest absolute Gasteiger partial charge is 0.335 e. The molecular formula is C22H15ClFNO2. The van der Waals surface area contributed by atoms with E-state index in [4.69, 9.17) is 11.6 Å². The highest BCUT2D eigenvalue weighted by Gasteiger charge is 2.15. The van der Waals surface area contributed by atoms with Crippen molar-refractivity contribution in [3.63, 3.8) is 0 Å². The van der Waals surface area contributed by atoms with Crippen LogP contribution in [0.5, 0.6) is 0 Å². The van der Waals surface area contributed by atoms with Crippen molar-refractivity contribution in [1.82, 2.24) is 4.98 Å². The lowest BCUT2D eigenvalue weighted by Crippen LogP contribution is -1.98. The Hall–Kier alpha value is -3.11. The summed E-state index contributed by atoms with van der Waals surface area (Å²) in [5, 5.41) is 10.9. The lowest BCUT2D eigenvalue weighted by molar-refractivity contribution is 0.0696. The molecule has 1 heterocycles. The molecule has 0 fully saturated rings. The molecule has 5 heteroatoms. The van der Waals surface area contributed by atoms with Crippen molar-refractivity contribution < 1.29 is 14.3 Å². The molecule has 0 bridgehead atoms. The largest absolute Gasteiger partial charge is 0.478 e. The first-order valence-electron chi connectivity index (χ1n) is 8.39. The van der Waals surface area contributed by atoms with E-state index in [1.54, 1.807) is 30.3 Å². The van der Waals surface area contributed by atoms with Crippen LogP contribution in [0, 0.1) is 5.82 Å². The Bertz CT molecular complexity index is 1150. The molecular weight excluding hydrogens is 365 g/mol. The topological polar surface area (TPSA) is 53.1 Å². The van der Waals surface area contributed by atoms with Crippen molar-refractivity contribution >= 4 is 28.5 Å². The van der Waals surface area contributed by atoms with Crippen LogP contribution in [0.25, 0.3) is 22.2 Å². The molecule has 0 atom stereocenters. The Balaban J connectivity index is 1.87. The molecule has 27 heavy (non-hydrogen) atoms. The fourth-order valence-corrected chi connectivity index (χ4v) is 3.46. The minimum absolute atomic E-state index is 0.249. The second kappa shape index (κ2) is 6.89. The van der Waals surface area contributed by atoms with E-state index in [1.165, 1.54) is 12.1 Å². The van der Waals surface area contributed by atoms with Crippen molar-refractivity contribution in [3.05, 3.63) is 94.3 Å². The number of carbonyl (C=O) groups is 1. The third-order valence-corrected chi connectivity index (χ3v) is 4.79. The number of carboxylic acid groups (broad SMARTS) is 1. The van der Waals surface area contributed by atoms with Crippen molar-refractivity contribution in [2.75, 3.05) is 0 Å². The van der Waals surface area contributed by atoms with Crippen LogP contribution >= 0.6 is 11.6 Å². The molecule has 4 aromatic rings. The normalized spacial score (nSPS) is 11.0. The first kappa shape index (κ1) is 17.3. The third-order valence-electron chi connectivity index (χ3n) is 4.56. The van der Waals surface area contributed by atoms with Gasteiger partial charge in [0.2, 0.25) is 0 Å². The van der Waals surface area contributed by atoms with Gasteiger partial charge in [-0.05, 0) is 65.2 Å². The molecule has 0 saturated heterocycles. The highest BCUT2D eigenvalue weighted by molar-refractivity contribution is 6.31. The standard InChI is InChI=1S/C22H15ClFNO2/c23-16-6-9-18-19(11-13-2-1-3-15(10-13)22(26)27)21(25-20(18)12-16)14-4-7-17(24)8-5-14/h1-10,12,25H,11H2,(H,26,27). The number of nitrogens with one attached hydrogen (secondary N) is 1. The molecule has 0 aliphatic heterocycles. The van der Waals surface area contributed by atoms with Gasteiger partial charge in [0, 0.05) is 22.3 Å². The second-order valence-electron chi connectivity index (χ2n) is 6.36. The summed E-state index contributed by atoms with van der Waals surface area (Å²) in [4.78, 5) is 14.6. The molecule has 0 aliphatic carbocycles. The number of aromatic carboxylic acids is 1. The maximum absolute atomic E-state index is 13.3. The van der Waals surface area contributed by atoms with Gasteiger partial charge in [-0.3, -0.25) is 0 Å². The van der Waals surface area contributed by atoms with Gasteiger partial charge in [-0.2, -0.15) is 0 Å². The Kier molecular flexibility index (Phi) is 4.42. The molecule has 0 amide bonds. The van der Waals surface area contributed by atoms with E-state index in [0.717, 1.165) is 33.3 Å². The molecule has 3 nitrogen and oxygen atoms in total. The predicted octanol–water partition coefficient (Wildman–Crippen LogP) is 5.92. The van der Waals surface area contributed by atoms with Crippen LogP contribution < -0.4 is 0 Å². The number of fused-ring (bicyclic) bond motifs is 1. The fraction of sp³-hybridized carbons (Fsp3) is 0.0455. The number of aromatic nitrogens is 1. The zero-order valence-electron chi connectivity index (χ0n) is 14.2. The quantitative estimate of drug-likeness (QED) is 0.462. The Morgan fingerprint density at radius 3 is 2.56 bits per heavy atom. The predicted molar refractivity (Wildman–Crippen MR) is 105 cm³/mol. The van der Waals surface area contributed by atoms with Gasteiger partial charge in [0.05, 0.1) is 11.3 Å². The number of hydrogen-bond acceptors (Lipinski definition) is 1. The van der Waals surface area contributed by atoms with Gasteiger partial charge < -0.3 is 10.1 Å². The Morgan fingerprint density at radius 1 is 1.04 bits per heavy atom. The zero-order chi connectivity index (χ0) is 19.0. The maximum atomic E-state index is 13.3. The van der Waals surface area contributed by atoms with E-state index < -0.39 is 5.97 Å². The fourth-order valence-electron chi connectivity index (χ4n) is 3.29. The van der Waals surface area contributed by atoms with E-state index >= 15 is 0 Å². The SMILES string of the molecule is O=C(O)c1cccc(Cc2c(-c3ccc(F)cc3)[nH]c3cc(Cl)ccc23)c1. The van der Waals surface area contributed by atoms with Gasteiger partial charge in [-0.25, -0.2) is 9.18 Å². The zero-order valence-corrected chi connectivity index (χ0v) is 14.9. The average molecular weight is 380 g/mol. The summed E-state index contributed by atoms with van der Waals surface area (Å²) >= 11 is 6.13.